The number of aliphatic hydroxyl groups excluding tert-OH is 1. The van der Waals surface area contributed by atoms with Crippen molar-refractivity contribution in [1.29, 1.82) is 0 Å². The van der Waals surface area contributed by atoms with Crippen LogP contribution in [0.3, 0.4) is 0 Å². The summed E-state index contributed by atoms with van der Waals surface area (Å²) in [5, 5.41) is 20.1. The van der Waals surface area contributed by atoms with Gasteiger partial charge in [0.25, 0.3) is 0 Å². The molecular formula is C14H20O5. The van der Waals surface area contributed by atoms with Crippen LogP contribution in [-0.2, 0) is 4.74 Å². The van der Waals surface area contributed by atoms with Crippen molar-refractivity contribution in [1.82, 2.24) is 0 Å². The molecule has 0 bridgehead atoms. The first-order valence-electron chi connectivity index (χ1n) is 5.89. The van der Waals surface area contributed by atoms with E-state index < -0.39 is 17.7 Å². The second kappa shape index (κ2) is 5.59. The number of aryl methyl sites for hydroxylation is 1. The van der Waals surface area contributed by atoms with Crippen LogP contribution in [-0.4, -0.2) is 36.0 Å². The van der Waals surface area contributed by atoms with E-state index in [1.165, 1.54) is 28.1 Å². The van der Waals surface area contributed by atoms with E-state index in [4.69, 9.17) is 9.47 Å². The van der Waals surface area contributed by atoms with E-state index in [0.29, 0.717) is 5.56 Å². The Labute approximate surface area is 112 Å². The van der Waals surface area contributed by atoms with Crippen LogP contribution < -0.4 is 4.74 Å². The molecule has 2 N–H and O–H groups in total. The van der Waals surface area contributed by atoms with Crippen LogP contribution >= 0.6 is 0 Å². The van der Waals surface area contributed by atoms with Gasteiger partial charge < -0.3 is 19.7 Å². The molecule has 1 aromatic carbocycles. The van der Waals surface area contributed by atoms with Gasteiger partial charge in [0.05, 0.1) is 19.8 Å². The molecule has 0 heterocycles. The minimum atomic E-state index is -1.35. The molecule has 0 aliphatic heterocycles. The molecule has 0 saturated carbocycles. The van der Waals surface area contributed by atoms with E-state index in [9.17, 15) is 15.0 Å². The molecule has 0 fully saturated rings. The fourth-order valence-electron chi connectivity index (χ4n) is 1.87. The van der Waals surface area contributed by atoms with Crippen molar-refractivity contribution in [3.63, 3.8) is 0 Å². The van der Waals surface area contributed by atoms with E-state index in [2.05, 4.69) is 0 Å². The van der Waals surface area contributed by atoms with Crippen molar-refractivity contribution in [3.05, 3.63) is 28.8 Å². The molecular weight excluding hydrogens is 248 g/mol. The van der Waals surface area contributed by atoms with Crippen LogP contribution in [0, 0.1) is 6.92 Å². The van der Waals surface area contributed by atoms with Gasteiger partial charge in [-0.25, -0.2) is 4.79 Å². The van der Waals surface area contributed by atoms with Gasteiger partial charge in [-0.05, 0) is 38.5 Å². The third-order valence-corrected chi connectivity index (χ3v) is 2.84. The van der Waals surface area contributed by atoms with Gasteiger partial charge in [-0.2, -0.15) is 0 Å². The highest BCUT2D eigenvalue weighted by Gasteiger charge is 2.31. The highest BCUT2D eigenvalue weighted by molar-refractivity contribution is 5.93. The van der Waals surface area contributed by atoms with Crippen LogP contribution in [0.1, 0.15) is 41.4 Å². The number of benzene rings is 1. The fourth-order valence-corrected chi connectivity index (χ4v) is 1.87. The number of aliphatic hydroxyl groups is 2. The normalized spacial score (nSPS) is 13.0. The van der Waals surface area contributed by atoms with Crippen molar-refractivity contribution in [3.8, 4) is 5.75 Å². The number of esters is 1. The predicted octanol–water partition coefficient (Wildman–Crippen LogP) is 1.59. The van der Waals surface area contributed by atoms with E-state index in [1.807, 2.05) is 0 Å². The highest BCUT2D eigenvalue weighted by atomic mass is 16.5. The second-order valence-corrected chi connectivity index (χ2v) is 4.98. The van der Waals surface area contributed by atoms with Gasteiger partial charge in [-0.15, -0.1) is 0 Å². The molecule has 106 valence electrons. The maximum Gasteiger partial charge on any atom is 0.341 e. The fraction of sp³-hybridized carbons (Fsp3) is 0.500. The largest absolute Gasteiger partial charge is 0.495 e. The zero-order chi connectivity index (χ0) is 14.8. The van der Waals surface area contributed by atoms with Crippen LogP contribution in [0.2, 0.25) is 0 Å². The third-order valence-electron chi connectivity index (χ3n) is 2.84. The van der Waals surface area contributed by atoms with Crippen molar-refractivity contribution in [2.45, 2.75) is 32.5 Å². The summed E-state index contributed by atoms with van der Waals surface area (Å²) in [6.07, 6.45) is -1.18. The van der Waals surface area contributed by atoms with Gasteiger partial charge >= 0.3 is 5.97 Å². The molecule has 5 nitrogen and oxygen atoms in total. The number of ether oxygens (including phenoxy) is 2. The first kappa shape index (κ1) is 15.5. The lowest BCUT2D eigenvalue weighted by Crippen LogP contribution is -2.29. The summed E-state index contributed by atoms with van der Waals surface area (Å²) in [4.78, 5) is 11.7. The molecule has 5 heteroatoms. The summed E-state index contributed by atoms with van der Waals surface area (Å²) >= 11 is 0. The zero-order valence-corrected chi connectivity index (χ0v) is 11.9. The summed E-state index contributed by atoms with van der Waals surface area (Å²) in [6.45, 7) is 4.75. The molecule has 0 saturated heterocycles. The second-order valence-electron chi connectivity index (χ2n) is 4.98. The Morgan fingerprint density at radius 3 is 2.32 bits per heavy atom. The van der Waals surface area contributed by atoms with Gasteiger partial charge in [-0.1, -0.05) is 0 Å². The Hall–Kier alpha value is -1.59. The number of carbonyl (C=O) groups is 1. The molecule has 0 amide bonds. The first-order chi connectivity index (χ1) is 8.72. The monoisotopic (exact) mass is 268 g/mol. The summed E-state index contributed by atoms with van der Waals surface area (Å²) in [5.41, 5.74) is -0.00716. The zero-order valence-electron chi connectivity index (χ0n) is 11.9. The summed E-state index contributed by atoms with van der Waals surface area (Å²) < 4.78 is 9.89. The van der Waals surface area contributed by atoms with Gasteiger partial charge in [0.2, 0.25) is 0 Å². The van der Waals surface area contributed by atoms with E-state index in [-0.39, 0.29) is 11.3 Å². The standard InChI is InChI=1S/C14H20O5/c1-8-6-9(12(15)14(2,3)17)11(18-4)10(7-8)13(16)19-5/h6-7,12,15,17H,1-5H3. The topological polar surface area (TPSA) is 76.0 Å². The Bertz CT molecular complexity index is 473. The quantitative estimate of drug-likeness (QED) is 0.811. The van der Waals surface area contributed by atoms with Gasteiger partial charge in [0.1, 0.15) is 17.4 Å². The van der Waals surface area contributed by atoms with Crippen LogP contribution in [0.4, 0.5) is 0 Å². The first-order valence-corrected chi connectivity index (χ1v) is 5.89. The molecule has 0 aromatic heterocycles. The van der Waals surface area contributed by atoms with Gasteiger partial charge in [0.15, 0.2) is 0 Å². The molecule has 1 rings (SSSR count). The molecule has 0 radical (unpaired) electrons. The van der Waals surface area contributed by atoms with Crippen LogP contribution in [0.25, 0.3) is 0 Å². The number of hydrogen-bond donors (Lipinski definition) is 2. The average Bonchev–Trinajstić information content (AvgIpc) is 2.34. The van der Waals surface area contributed by atoms with Crippen molar-refractivity contribution < 1.29 is 24.5 Å². The SMILES string of the molecule is COC(=O)c1cc(C)cc(C(O)C(C)(C)O)c1OC. The number of hydrogen-bond acceptors (Lipinski definition) is 5. The molecule has 0 spiro atoms. The Balaban J connectivity index is 3.47. The molecule has 1 atom stereocenters. The van der Waals surface area contributed by atoms with E-state index in [0.717, 1.165) is 5.56 Å². The smallest absolute Gasteiger partial charge is 0.341 e. The lowest BCUT2D eigenvalue weighted by Gasteiger charge is -2.27. The van der Waals surface area contributed by atoms with Crippen LogP contribution in [0.15, 0.2) is 12.1 Å². The molecule has 19 heavy (non-hydrogen) atoms. The van der Waals surface area contributed by atoms with E-state index >= 15 is 0 Å². The minimum absolute atomic E-state index is 0.215. The van der Waals surface area contributed by atoms with Gasteiger partial charge in [-0.3, -0.25) is 0 Å². The Morgan fingerprint density at radius 1 is 1.32 bits per heavy atom. The number of carbonyl (C=O) groups excluding carboxylic acids is 1. The predicted molar refractivity (Wildman–Crippen MR) is 70.3 cm³/mol. The highest BCUT2D eigenvalue weighted by Crippen LogP contribution is 2.35. The summed E-state index contributed by atoms with van der Waals surface area (Å²) in [7, 11) is 2.67. The Morgan fingerprint density at radius 2 is 1.89 bits per heavy atom. The van der Waals surface area contributed by atoms with Gasteiger partial charge in [0, 0.05) is 5.56 Å². The molecule has 1 unspecified atom stereocenters. The molecule has 0 aliphatic carbocycles. The summed E-state index contributed by atoms with van der Waals surface area (Å²) in [6, 6.07) is 3.29. The number of methoxy groups -OCH3 is 2. The van der Waals surface area contributed by atoms with Crippen molar-refractivity contribution in [2.24, 2.45) is 0 Å². The maximum absolute atomic E-state index is 11.7. The molecule has 0 aliphatic rings. The van der Waals surface area contributed by atoms with Crippen molar-refractivity contribution >= 4 is 5.97 Å². The van der Waals surface area contributed by atoms with E-state index in [1.54, 1.807) is 19.1 Å². The number of rotatable bonds is 4. The minimum Gasteiger partial charge on any atom is -0.495 e. The Kier molecular flexibility index (Phi) is 4.55. The lowest BCUT2D eigenvalue weighted by molar-refractivity contribution is -0.0506. The van der Waals surface area contributed by atoms with Crippen molar-refractivity contribution in [2.75, 3.05) is 14.2 Å². The lowest BCUT2D eigenvalue weighted by atomic mass is 9.91. The maximum atomic E-state index is 11.7. The summed E-state index contributed by atoms with van der Waals surface area (Å²) in [5.74, 6) is -0.336. The average molecular weight is 268 g/mol. The molecule has 1 aromatic rings. The third kappa shape index (κ3) is 3.24. The van der Waals surface area contributed by atoms with Crippen LogP contribution in [0.5, 0.6) is 5.75 Å².